The summed E-state index contributed by atoms with van der Waals surface area (Å²) in [4.78, 5) is 32.4. The van der Waals surface area contributed by atoms with E-state index in [0.29, 0.717) is 42.2 Å². The van der Waals surface area contributed by atoms with Crippen LogP contribution in [0.2, 0.25) is 0 Å². The van der Waals surface area contributed by atoms with Gasteiger partial charge in [-0.15, -0.1) is 0 Å². The first-order chi connectivity index (χ1) is 15.2. The maximum Gasteiger partial charge on any atom is 0.322 e. The van der Waals surface area contributed by atoms with E-state index in [1.807, 2.05) is 20.8 Å². The molecule has 0 spiro atoms. The molecule has 1 unspecified atom stereocenters. The number of nitrogens with zero attached hydrogens (tertiary/aromatic N) is 3. The van der Waals surface area contributed by atoms with Crippen LogP contribution in [-0.4, -0.2) is 27.0 Å². The lowest BCUT2D eigenvalue weighted by atomic mass is 10.1. The zero-order chi connectivity index (χ0) is 23.4. The van der Waals surface area contributed by atoms with Gasteiger partial charge in [-0.05, 0) is 50.5 Å². The van der Waals surface area contributed by atoms with Gasteiger partial charge in [0.1, 0.15) is 17.5 Å². The molecule has 0 saturated heterocycles. The van der Waals surface area contributed by atoms with Gasteiger partial charge in [-0.1, -0.05) is 26.0 Å². The van der Waals surface area contributed by atoms with E-state index in [4.69, 9.17) is 4.98 Å². The van der Waals surface area contributed by atoms with Crippen LogP contribution in [0.1, 0.15) is 46.0 Å². The molecule has 2 aromatic carbocycles. The predicted molar refractivity (Wildman–Crippen MR) is 122 cm³/mol. The van der Waals surface area contributed by atoms with Crippen LogP contribution in [0.3, 0.4) is 0 Å². The number of aromatic nitrogens is 2. The molecule has 1 N–H and O–H groups in total. The van der Waals surface area contributed by atoms with Gasteiger partial charge in [0, 0.05) is 19.2 Å². The van der Waals surface area contributed by atoms with Gasteiger partial charge in [0.05, 0.1) is 22.6 Å². The average molecular weight is 443 g/mol. The normalized spacial score (nSPS) is 12.2. The summed E-state index contributed by atoms with van der Waals surface area (Å²) in [5, 5.41) is 3.04. The Hall–Kier alpha value is -3.29. The number of amides is 2. The Kier molecular flexibility index (Phi) is 7.22. The van der Waals surface area contributed by atoms with E-state index in [-0.39, 0.29) is 11.2 Å². The van der Waals surface area contributed by atoms with Gasteiger partial charge in [-0.3, -0.25) is 9.36 Å². The van der Waals surface area contributed by atoms with Gasteiger partial charge in [-0.25, -0.2) is 18.6 Å². The molecule has 1 atom stereocenters. The second kappa shape index (κ2) is 9.89. The molecule has 32 heavy (non-hydrogen) atoms. The smallest absolute Gasteiger partial charge is 0.315 e. The molecule has 3 rings (SSSR count). The molecule has 1 heterocycles. The van der Waals surface area contributed by atoms with E-state index < -0.39 is 23.7 Å². The number of carbonyl (C=O) groups is 1. The van der Waals surface area contributed by atoms with Crippen molar-refractivity contribution < 1.29 is 13.6 Å². The van der Waals surface area contributed by atoms with Crippen molar-refractivity contribution in [2.24, 2.45) is 5.92 Å². The van der Waals surface area contributed by atoms with Gasteiger partial charge < -0.3 is 10.2 Å². The molecule has 8 heteroatoms. The number of anilines is 1. The van der Waals surface area contributed by atoms with Crippen LogP contribution >= 0.6 is 0 Å². The van der Waals surface area contributed by atoms with Crippen LogP contribution in [0.5, 0.6) is 0 Å². The average Bonchev–Trinajstić information content (AvgIpc) is 2.75. The fourth-order valence-electron chi connectivity index (χ4n) is 3.60. The Balaban J connectivity index is 2.01. The number of benzene rings is 2. The summed E-state index contributed by atoms with van der Waals surface area (Å²) in [5.74, 6) is -0.811. The van der Waals surface area contributed by atoms with Gasteiger partial charge in [-0.2, -0.15) is 0 Å². The molecule has 0 radical (unpaired) electrons. The third-order valence-corrected chi connectivity index (χ3v) is 5.43. The number of rotatable bonds is 7. The van der Waals surface area contributed by atoms with Gasteiger partial charge in [0.15, 0.2) is 0 Å². The van der Waals surface area contributed by atoms with Gasteiger partial charge in [0.25, 0.3) is 5.56 Å². The Bertz CT molecular complexity index is 1180. The molecule has 2 amide bonds. The fourth-order valence-corrected chi connectivity index (χ4v) is 3.60. The maximum atomic E-state index is 14.1. The lowest BCUT2D eigenvalue weighted by Crippen LogP contribution is -2.41. The highest BCUT2D eigenvalue weighted by molar-refractivity contribution is 5.89. The Morgan fingerprint density at radius 1 is 1.16 bits per heavy atom. The number of fused-ring (bicyclic) bond motifs is 1. The minimum absolute atomic E-state index is 0.113. The lowest BCUT2D eigenvalue weighted by molar-refractivity contribution is 0.184. The van der Waals surface area contributed by atoms with Crippen LogP contribution in [0.4, 0.5) is 19.3 Å². The highest BCUT2D eigenvalue weighted by Crippen LogP contribution is 2.23. The monoisotopic (exact) mass is 442 g/mol. The first kappa shape index (κ1) is 23.4. The summed E-state index contributed by atoms with van der Waals surface area (Å²) in [5.41, 5.74) is 0.268. The summed E-state index contributed by atoms with van der Waals surface area (Å²) in [6.45, 7) is 8.49. The van der Waals surface area contributed by atoms with Crippen LogP contribution in [0.25, 0.3) is 10.9 Å². The van der Waals surface area contributed by atoms with Crippen molar-refractivity contribution in [3.63, 3.8) is 0 Å². The minimum Gasteiger partial charge on any atom is -0.315 e. The van der Waals surface area contributed by atoms with E-state index in [1.54, 1.807) is 35.8 Å². The zero-order valence-corrected chi connectivity index (χ0v) is 18.7. The maximum absolute atomic E-state index is 14.1. The second-order valence-corrected chi connectivity index (χ2v) is 8.14. The van der Waals surface area contributed by atoms with Crippen molar-refractivity contribution in [2.75, 3.05) is 11.9 Å². The van der Waals surface area contributed by atoms with Crippen molar-refractivity contribution in [1.29, 1.82) is 0 Å². The lowest BCUT2D eigenvalue weighted by Gasteiger charge is -2.31. The van der Waals surface area contributed by atoms with E-state index in [2.05, 4.69) is 5.32 Å². The third kappa shape index (κ3) is 4.95. The number of nitrogens with one attached hydrogen (secondary N) is 1. The number of hydrogen-bond donors (Lipinski definition) is 1. The molecular formula is C24H28F2N4O2. The first-order valence-corrected chi connectivity index (χ1v) is 10.7. The van der Waals surface area contributed by atoms with E-state index in [0.717, 1.165) is 12.1 Å². The number of halogens is 2. The summed E-state index contributed by atoms with van der Waals surface area (Å²) in [6, 6.07) is 8.96. The van der Waals surface area contributed by atoms with Crippen molar-refractivity contribution in [2.45, 2.75) is 46.7 Å². The third-order valence-electron chi connectivity index (χ3n) is 5.43. The van der Waals surface area contributed by atoms with Crippen molar-refractivity contribution in [1.82, 2.24) is 14.5 Å². The van der Waals surface area contributed by atoms with Crippen LogP contribution < -0.4 is 10.9 Å². The molecule has 3 aromatic rings. The standard InChI is InChI=1S/C24H28F2N4O2/c1-5-29-22(27-20-9-7-6-8-18(20)23(29)31)16(4)30(13-12-15(2)3)24(32)28-21-11-10-17(25)14-19(21)26/h6-11,14-16H,5,12-13H2,1-4H3,(H,28,32). The molecule has 0 aliphatic rings. The SMILES string of the molecule is CCn1c(C(C)N(CCC(C)C)C(=O)Nc2ccc(F)cc2F)nc2ccccc2c1=O. The largest absolute Gasteiger partial charge is 0.322 e. The van der Waals surface area contributed by atoms with Crippen LogP contribution in [0.15, 0.2) is 47.3 Å². The Morgan fingerprint density at radius 3 is 2.53 bits per heavy atom. The predicted octanol–water partition coefficient (Wildman–Crippen LogP) is 5.34. The molecular weight excluding hydrogens is 414 g/mol. The van der Waals surface area contributed by atoms with Crippen LogP contribution in [-0.2, 0) is 6.54 Å². The molecule has 170 valence electrons. The summed E-state index contributed by atoms with van der Waals surface area (Å²) < 4.78 is 28.9. The quantitative estimate of drug-likeness (QED) is 0.537. The van der Waals surface area contributed by atoms with Crippen LogP contribution in [0, 0.1) is 17.6 Å². The summed E-state index contributed by atoms with van der Waals surface area (Å²) in [6.07, 6.45) is 0.702. The van der Waals surface area contributed by atoms with E-state index in [1.165, 1.54) is 11.0 Å². The Morgan fingerprint density at radius 2 is 1.88 bits per heavy atom. The highest BCUT2D eigenvalue weighted by atomic mass is 19.1. The van der Waals surface area contributed by atoms with Gasteiger partial charge >= 0.3 is 6.03 Å². The molecule has 0 fully saturated rings. The zero-order valence-electron chi connectivity index (χ0n) is 18.7. The molecule has 0 saturated carbocycles. The van der Waals surface area contributed by atoms with Crippen molar-refractivity contribution >= 4 is 22.6 Å². The summed E-state index contributed by atoms with van der Waals surface area (Å²) >= 11 is 0. The number of urea groups is 1. The second-order valence-electron chi connectivity index (χ2n) is 8.14. The van der Waals surface area contributed by atoms with Crippen molar-refractivity contribution in [3.05, 3.63) is 70.3 Å². The number of para-hydroxylation sites is 1. The molecule has 1 aromatic heterocycles. The molecule has 6 nitrogen and oxygen atoms in total. The summed E-state index contributed by atoms with van der Waals surface area (Å²) in [7, 11) is 0. The number of carbonyl (C=O) groups excluding carboxylic acids is 1. The Labute approximate surface area is 185 Å². The van der Waals surface area contributed by atoms with Gasteiger partial charge in [0.2, 0.25) is 0 Å². The fraction of sp³-hybridized carbons (Fsp3) is 0.375. The highest BCUT2D eigenvalue weighted by Gasteiger charge is 2.26. The molecule has 0 aliphatic heterocycles. The molecule has 0 bridgehead atoms. The minimum atomic E-state index is -0.857. The number of hydrogen-bond acceptors (Lipinski definition) is 3. The van der Waals surface area contributed by atoms with E-state index in [9.17, 15) is 18.4 Å². The first-order valence-electron chi connectivity index (χ1n) is 10.7. The van der Waals surface area contributed by atoms with Crippen molar-refractivity contribution in [3.8, 4) is 0 Å². The molecule has 0 aliphatic carbocycles. The topological polar surface area (TPSA) is 67.2 Å². The van der Waals surface area contributed by atoms with E-state index >= 15 is 0 Å².